The molecule has 0 aromatic heterocycles. The van der Waals surface area contributed by atoms with Crippen LogP contribution in [0.5, 0.6) is 5.75 Å². The van der Waals surface area contributed by atoms with Crippen molar-refractivity contribution >= 4 is 17.4 Å². The first-order valence-corrected chi connectivity index (χ1v) is 17.2. The summed E-state index contributed by atoms with van der Waals surface area (Å²) in [5.41, 5.74) is 7.24. The van der Waals surface area contributed by atoms with Crippen LogP contribution in [0.2, 0.25) is 0 Å². The largest absolute Gasteiger partial charge is 0.496 e. The second-order valence-corrected chi connectivity index (χ2v) is 13.5. The van der Waals surface area contributed by atoms with Gasteiger partial charge in [0.1, 0.15) is 5.75 Å². The fraction of sp³-hybridized carbons (Fsp3) is 0.641. The topological polar surface area (TPSA) is 67.4 Å². The van der Waals surface area contributed by atoms with Crippen LogP contribution < -0.4 is 15.4 Å². The predicted octanol–water partition coefficient (Wildman–Crippen LogP) is 9.83. The average molecular weight is 607 g/mol. The molecule has 44 heavy (non-hydrogen) atoms. The van der Waals surface area contributed by atoms with Crippen LogP contribution >= 0.6 is 0 Å². The number of anilines is 1. The van der Waals surface area contributed by atoms with Crippen LogP contribution in [-0.2, 0) is 11.2 Å². The molecule has 0 radical (unpaired) electrons. The van der Waals surface area contributed by atoms with Crippen LogP contribution in [0.3, 0.4) is 0 Å². The molecular weight excluding hydrogens is 544 g/mol. The third kappa shape index (κ3) is 11.1. The van der Waals surface area contributed by atoms with E-state index in [1.54, 1.807) is 14.0 Å². The van der Waals surface area contributed by atoms with E-state index < -0.39 is 0 Å². The summed E-state index contributed by atoms with van der Waals surface area (Å²) >= 11 is 0. The number of benzene rings is 2. The fourth-order valence-corrected chi connectivity index (χ4v) is 6.21. The highest BCUT2D eigenvalue weighted by Crippen LogP contribution is 2.33. The first-order chi connectivity index (χ1) is 20.9. The zero-order valence-corrected chi connectivity index (χ0v) is 29.6. The van der Waals surface area contributed by atoms with Crippen molar-refractivity contribution in [3.63, 3.8) is 0 Å². The van der Waals surface area contributed by atoms with Gasteiger partial charge >= 0.3 is 0 Å². The molecule has 1 aliphatic carbocycles. The van der Waals surface area contributed by atoms with Gasteiger partial charge in [0.25, 0.3) is 0 Å². The number of ketones is 1. The van der Waals surface area contributed by atoms with Gasteiger partial charge < -0.3 is 15.4 Å². The Morgan fingerprint density at radius 2 is 1.66 bits per heavy atom. The van der Waals surface area contributed by atoms with Gasteiger partial charge in [-0.1, -0.05) is 66.5 Å². The van der Waals surface area contributed by atoms with Gasteiger partial charge in [-0.25, -0.2) is 0 Å². The number of carbonyl (C=O) groups is 2. The molecule has 1 atom stereocenters. The van der Waals surface area contributed by atoms with E-state index in [1.165, 1.54) is 61.9 Å². The highest BCUT2D eigenvalue weighted by atomic mass is 16.5. The number of Topliss-reactive ketones (excluding diaryl/α,β-unsaturated/α-hetero) is 1. The maximum Gasteiger partial charge on any atom is 0.227 e. The minimum atomic E-state index is 0.163. The molecule has 1 aliphatic heterocycles. The molecule has 2 fully saturated rings. The van der Waals surface area contributed by atoms with Crippen molar-refractivity contribution in [2.45, 2.75) is 126 Å². The molecule has 5 heteroatoms. The smallest absolute Gasteiger partial charge is 0.227 e. The van der Waals surface area contributed by atoms with E-state index >= 15 is 0 Å². The van der Waals surface area contributed by atoms with Gasteiger partial charge in [0, 0.05) is 36.3 Å². The van der Waals surface area contributed by atoms with Crippen molar-refractivity contribution in [1.82, 2.24) is 5.32 Å². The Morgan fingerprint density at radius 3 is 2.11 bits per heavy atom. The Balaban J connectivity index is 0.000000258. The molecule has 246 valence electrons. The van der Waals surface area contributed by atoms with Gasteiger partial charge in [-0.2, -0.15) is 0 Å². The highest BCUT2D eigenvalue weighted by molar-refractivity contribution is 5.96. The maximum atomic E-state index is 12.4. The molecule has 2 aromatic rings. The van der Waals surface area contributed by atoms with E-state index in [-0.39, 0.29) is 17.6 Å². The number of hydrogen-bond donors (Lipinski definition) is 2. The normalized spacial score (nSPS) is 19.2. The highest BCUT2D eigenvalue weighted by Gasteiger charge is 2.28. The predicted molar refractivity (Wildman–Crippen MR) is 187 cm³/mol. The number of rotatable bonds is 10. The number of methoxy groups -OCH3 is 1. The molecular formula is C39H62N2O3. The van der Waals surface area contributed by atoms with Crippen LogP contribution in [-0.4, -0.2) is 31.9 Å². The zero-order chi connectivity index (χ0) is 32.9. The van der Waals surface area contributed by atoms with Gasteiger partial charge in [0.15, 0.2) is 5.78 Å². The first kappa shape index (κ1) is 37.5. The second kappa shape index (κ2) is 18.3. The van der Waals surface area contributed by atoms with Crippen LogP contribution in [0.25, 0.3) is 0 Å². The fourth-order valence-electron chi connectivity index (χ4n) is 6.21. The lowest BCUT2D eigenvalue weighted by Crippen LogP contribution is -2.50. The summed E-state index contributed by atoms with van der Waals surface area (Å²) in [7, 11) is 1.66. The Labute approximate surface area is 269 Å². The summed E-state index contributed by atoms with van der Waals surface area (Å²) < 4.78 is 5.30. The number of amides is 1. The molecule has 1 saturated carbocycles. The third-order valence-corrected chi connectivity index (χ3v) is 9.96. The summed E-state index contributed by atoms with van der Waals surface area (Å²) in [6.07, 6.45) is 10.4. The maximum absolute atomic E-state index is 12.4. The summed E-state index contributed by atoms with van der Waals surface area (Å²) in [6, 6.07) is 10.1. The van der Waals surface area contributed by atoms with E-state index in [1.807, 2.05) is 25.1 Å². The molecule has 1 saturated heterocycles. The molecule has 5 nitrogen and oxygen atoms in total. The quantitative estimate of drug-likeness (QED) is 0.264. The Hall–Kier alpha value is -2.66. The number of ether oxygens (including phenoxy) is 1. The van der Waals surface area contributed by atoms with Crippen molar-refractivity contribution in [1.29, 1.82) is 0 Å². The first-order valence-electron chi connectivity index (χ1n) is 17.2. The Morgan fingerprint density at radius 1 is 1.00 bits per heavy atom. The lowest BCUT2D eigenvalue weighted by atomic mass is 9.80. The van der Waals surface area contributed by atoms with Gasteiger partial charge in [0.05, 0.1) is 7.11 Å². The molecule has 0 bridgehead atoms. The van der Waals surface area contributed by atoms with E-state index in [0.717, 1.165) is 54.2 Å². The number of nitrogens with one attached hydrogen (secondary N) is 2. The van der Waals surface area contributed by atoms with Gasteiger partial charge in [-0.15, -0.1) is 0 Å². The molecule has 0 spiro atoms. The molecule has 4 rings (SSSR count). The van der Waals surface area contributed by atoms with E-state index in [2.05, 4.69) is 71.2 Å². The van der Waals surface area contributed by atoms with Crippen LogP contribution in [0.15, 0.2) is 30.3 Å². The SMILES string of the molecule is CCC1(C)CNC1.CCCC1CCC(C(=O)Nc2ccc(C)c(OC)c2)CC1.CCc1c(C)cc(C(C)CC)cc1C(C)=O. The summed E-state index contributed by atoms with van der Waals surface area (Å²) in [4.78, 5) is 24.0. The Bertz CT molecular complexity index is 1190. The minimum Gasteiger partial charge on any atom is -0.496 e. The molecule has 1 heterocycles. The van der Waals surface area contributed by atoms with Crippen molar-refractivity contribution in [3.8, 4) is 5.75 Å². The number of carbonyl (C=O) groups excluding carboxylic acids is 2. The summed E-state index contributed by atoms with van der Waals surface area (Å²) in [5, 5.41) is 6.29. The van der Waals surface area contributed by atoms with Crippen molar-refractivity contribution < 1.29 is 14.3 Å². The molecule has 1 unspecified atom stereocenters. The molecule has 2 aromatic carbocycles. The Kier molecular flexibility index (Phi) is 15.6. The van der Waals surface area contributed by atoms with Crippen LogP contribution in [0, 0.1) is 31.1 Å². The van der Waals surface area contributed by atoms with Crippen LogP contribution in [0.1, 0.15) is 138 Å². The lowest BCUT2D eigenvalue weighted by Gasteiger charge is -2.38. The van der Waals surface area contributed by atoms with Crippen molar-refractivity contribution in [2.75, 3.05) is 25.5 Å². The summed E-state index contributed by atoms with van der Waals surface area (Å²) in [5.74, 6) is 2.70. The van der Waals surface area contributed by atoms with E-state index in [4.69, 9.17) is 4.74 Å². The average Bonchev–Trinajstić information content (AvgIpc) is 3.01. The number of aryl methyl sites for hydroxylation is 2. The molecule has 2 aliphatic rings. The van der Waals surface area contributed by atoms with Crippen molar-refractivity contribution in [2.24, 2.45) is 17.3 Å². The molecule has 1 amide bonds. The van der Waals surface area contributed by atoms with Crippen LogP contribution in [0.4, 0.5) is 5.69 Å². The van der Waals surface area contributed by atoms with Crippen molar-refractivity contribution in [3.05, 3.63) is 58.1 Å². The standard InChI is InChI=1S/C18H27NO2.C15H22O.C6H13N/c1-4-5-14-7-9-15(10-8-14)18(20)19-16-11-6-13(2)17(12-16)21-3;1-6-10(3)13-8-11(4)14(7-2)15(9-13)12(5)16;1-3-6(2)4-7-5-6/h6,11-12,14-15H,4-5,7-10H2,1-3H3,(H,19,20);8-10H,6-7H2,1-5H3;7H,3-5H2,1-2H3. The number of hydrogen-bond acceptors (Lipinski definition) is 4. The zero-order valence-electron chi connectivity index (χ0n) is 29.6. The lowest BCUT2D eigenvalue weighted by molar-refractivity contribution is -0.121. The van der Waals surface area contributed by atoms with Gasteiger partial charge in [-0.3, -0.25) is 9.59 Å². The monoisotopic (exact) mass is 606 g/mol. The minimum absolute atomic E-state index is 0.163. The van der Waals surface area contributed by atoms with Gasteiger partial charge in [-0.05, 0) is 117 Å². The summed E-state index contributed by atoms with van der Waals surface area (Å²) in [6.45, 7) is 21.5. The van der Waals surface area contributed by atoms with E-state index in [9.17, 15) is 9.59 Å². The van der Waals surface area contributed by atoms with E-state index in [0.29, 0.717) is 11.3 Å². The van der Waals surface area contributed by atoms with Gasteiger partial charge in [0.2, 0.25) is 5.91 Å². The second-order valence-electron chi connectivity index (χ2n) is 13.5. The molecule has 2 N–H and O–H groups in total. The third-order valence-electron chi connectivity index (χ3n) is 9.96.